The molecule has 3 aliphatic heterocycles. The predicted octanol–water partition coefficient (Wildman–Crippen LogP) is 1.36. The summed E-state index contributed by atoms with van der Waals surface area (Å²) in [7, 11) is 0. The summed E-state index contributed by atoms with van der Waals surface area (Å²) in [5.74, 6) is 1.69. The molecule has 3 heterocycles. The molecule has 2 atom stereocenters. The molecule has 2 fully saturated rings. The lowest BCUT2D eigenvalue weighted by Crippen LogP contribution is -2.41. The van der Waals surface area contributed by atoms with Crippen LogP contribution in [0.25, 0.3) is 0 Å². The first-order valence-corrected chi connectivity index (χ1v) is 8.24. The lowest BCUT2D eigenvalue weighted by Gasteiger charge is -2.25. The van der Waals surface area contributed by atoms with Crippen LogP contribution in [-0.2, 0) is 6.54 Å². The minimum atomic E-state index is -0.229. The van der Waals surface area contributed by atoms with E-state index in [-0.39, 0.29) is 6.10 Å². The second kappa shape index (κ2) is 5.72. The number of nitrogens with zero attached hydrogens (tertiary/aromatic N) is 2. The van der Waals surface area contributed by atoms with Crippen molar-refractivity contribution in [3.8, 4) is 11.5 Å². The molecule has 0 saturated carbocycles. The van der Waals surface area contributed by atoms with E-state index in [0.717, 1.165) is 44.2 Å². The first-order valence-electron chi connectivity index (χ1n) is 8.24. The fourth-order valence-electron chi connectivity index (χ4n) is 3.91. The first kappa shape index (κ1) is 14.3. The van der Waals surface area contributed by atoms with E-state index in [2.05, 4.69) is 28.9 Å². The van der Waals surface area contributed by atoms with Gasteiger partial charge in [-0.15, -0.1) is 0 Å². The van der Waals surface area contributed by atoms with Crippen molar-refractivity contribution in [1.29, 1.82) is 0 Å². The molecule has 2 saturated heterocycles. The Morgan fingerprint density at radius 1 is 1.14 bits per heavy atom. The molecular weight excluding hydrogens is 280 g/mol. The van der Waals surface area contributed by atoms with E-state index in [4.69, 9.17) is 9.47 Å². The van der Waals surface area contributed by atoms with Crippen molar-refractivity contribution >= 4 is 0 Å². The fraction of sp³-hybridized carbons (Fsp3) is 0.647. The van der Waals surface area contributed by atoms with Crippen LogP contribution in [0.5, 0.6) is 11.5 Å². The number of hydrogen-bond donors (Lipinski definition) is 1. The van der Waals surface area contributed by atoms with Gasteiger partial charge in [-0.2, -0.15) is 0 Å². The van der Waals surface area contributed by atoms with E-state index < -0.39 is 0 Å². The van der Waals surface area contributed by atoms with Crippen LogP contribution in [0.1, 0.15) is 24.0 Å². The van der Waals surface area contributed by atoms with Gasteiger partial charge in [0.1, 0.15) is 0 Å². The maximum Gasteiger partial charge on any atom is 0.231 e. The van der Waals surface area contributed by atoms with Gasteiger partial charge in [-0.3, -0.25) is 9.80 Å². The molecule has 1 aromatic rings. The summed E-state index contributed by atoms with van der Waals surface area (Å²) in [5, 5.41) is 10.4. The van der Waals surface area contributed by atoms with Crippen LogP contribution in [0, 0.1) is 6.92 Å². The van der Waals surface area contributed by atoms with Crippen molar-refractivity contribution in [2.45, 2.75) is 38.5 Å². The molecule has 0 spiro atoms. The van der Waals surface area contributed by atoms with Gasteiger partial charge in [0.15, 0.2) is 11.5 Å². The third kappa shape index (κ3) is 2.57. The van der Waals surface area contributed by atoms with Crippen LogP contribution >= 0.6 is 0 Å². The molecule has 5 nitrogen and oxygen atoms in total. The standard InChI is InChI=1S/C17H24N2O3/c1-12-6-16-17(22-11-21-16)7-13(12)8-18-9-14(15(20)10-18)19-4-2-3-5-19/h6-7,14-15,20H,2-5,8-11H2,1H3/t14-,15-/m0/s1. The Bertz CT molecular complexity index is 557. The minimum absolute atomic E-state index is 0.229. The summed E-state index contributed by atoms with van der Waals surface area (Å²) in [6.07, 6.45) is 2.31. The Labute approximate surface area is 131 Å². The number of rotatable bonds is 3. The fourth-order valence-corrected chi connectivity index (χ4v) is 3.91. The number of aryl methyl sites for hydroxylation is 1. The summed E-state index contributed by atoms with van der Waals surface area (Å²) in [4.78, 5) is 4.81. The molecule has 5 heteroatoms. The van der Waals surface area contributed by atoms with E-state index in [0.29, 0.717) is 12.8 Å². The number of aliphatic hydroxyl groups is 1. The molecule has 0 radical (unpaired) electrons. The summed E-state index contributed by atoms with van der Waals surface area (Å²) >= 11 is 0. The molecule has 120 valence electrons. The van der Waals surface area contributed by atoms with Crippen LogP contribution in [0.4, 0.5) is 0 Å². The molecule has 0 aromatic heterocycles. The van der Waals surface area contributed by atoms with Gasteiger partial charge in [0, 0.05) is 25.7 Å². The van der Waals surface area contributed by atoms with Gasteiger partial charge < -0.3 is 14.6 Å². The average molecular weight is 304 g/mol. The van der Waals surface area contributed by atoms with Gasteiger partial charge in [0.2, 0.25) is 6.79 Å². The van der Waals surface area contributed by atoms with E-state index in [1.54, 1.807) is 0 Å². The monoisotopic (exact) mass is 304 g/mol. The van der Waals surface area contributed by atoms with E-state index in [1.165, 1.54) is 24.0 Å². The van der Waals surface area contributed by atoms with Crippen molar-refractivity contribution in [3.63, 3.8) is 0 Å². The predicted molar refractivity (Wildman–Crippen MR) is 83.2 cm³/mol. The smallest absolute Gasteiger partial charge is 0.231 e. The van der Waals surface area contributed by atoms with Crippen molar-refractivity contribution in [2.75, 3.05) is 33.0 Å². The molecule has 0 amide bonds. The zero-order chi connectivity index (χ0) is 15.1. The Balaban J connectivity index is 1.46. The van der Waals surface area contributed by atoms with Crippen LogP contribution in [0.3, 0.4) is 0 Å². The molecule has 1 aromatic carbocycles. The highest BCUT2D eigenvalue weighted by Gasteiger charge is 2.36. The highest BCUT2D eigenvalue weighted by atomic mass is 16.7. The Morgan fingerprint density at radius 2 is 1.86 bits per heavy atom. The van der Waals surface area contributed by atoms with Gasteiger partial charge in [-0.25, -0.2) is 0 Å². The molecule has 3 aliphatic rings. The Morgan fingerprint density at radius 3 is 2.64 bits per heavy atom. The van der Waals surface area contributed by atoms with Crippen LogP contribution < -0.4 is 9.47 Å². The number of hydrogen-bond acceptors (Lipinski definition) is 5. The first-order chi connectivity index (χ1) is 10.7. The van der Waals surface area contributed by atoms with Gasteiger partial charge in [-0.1, -0.05) is 0 Å². The van der Waals surface area contributed by atoms with Crippen molar-refractivity contribution < 1.29 is 14.6 Å². The number of β-amino-alcohol motifs (C(OH)–C–C–N with tert-alkyl or cyclic N) is 1. The maximum absolute atomic E-state index is 10.4. The van der Waals surface area contributed by atoms with Crippen LogP contribution in [0.15, 0.2) is 12.1 Å². The topological polar surface area (TPSA) is 45.2 Å². The Hall–Kier alpha value is -1.30. The average Bonchev–Trinajstić information content (AvgIpc) is 3.20. The minimum Gasteiger partial charge on any atom is -0.454 e. The van der Waals surface area contributed by atoms with E-state index >= 15 is 0 Å². The molecular formula is C17H24N2O3. The lowest BCUT2D eigenvalue weighted by atomic mass is 10.1. The van der Waals surface area contributed by atoms with Crippen molar-refractivity contribution in [2.24, 2.45) is 0 Å². The molecule has 0 aliphatic carbocycles. The van der Waals surface area contributed by atoms with Gasteiger partial charge >= 0.3 is 0 Å². The molecule has 1 N–H and O–H groups in total. The van der Waals surface area contributed by atoms with Gasteiger partial charge in [0.25, 0.3) is 0 Å². The molecule has 0 unspecified atom stereocenters. The van der Waals surface area contributed by atoms with Crippen LogP contribution in [0.2, 0.25) is 0 Å². The van der Waals surface area contributed by atoms with Crippen molar-refractivity contribution in [1.82, 2.24) is 9.80 Å². The van der Waals surface area contributed by atoms with Crippen molar-refractivity contribution in [3.05, 3.63) is 23.3 Å². The highest BCUT2D eigenvalue weighted by molar-refractivity contribution is 5.48. The number of benzene rings is 1. The van der Waals surface area contributed by atoms with E-state index in [1.807, 2.05) is 0 Å². The summed E-state index contributed by atoms with van der Waals surface area (Å²) in [6, 6.07) is 4.45. The molecule has 0 bridgehead atoms. The normalized spacial score (nSPS) is 28.6. The van der Waals surface area contributed by atoms with E-state index in [9.17, 15) is 5.11 Å². The third-order valence-corrected chi connectivity index (χ3v) is 5.17. The number of aliphatic hydroxyl groups excluding tert-OH is 1. The number of fused-ring (bicyclic) bond motifs is 1. The second-order valence-electron chi connectivity index (χ2n) is 6.70. The quantitative estimate of drug-likeness (QED) is 0.914. The summed E-state index contributed by atoms with van der Waals surface area (Å²) in [5.41, 5.74) is 2.49. The summed E-state index contributed by atoms with van der Waals surface area (Å²) < 4.78 is 10.9. The SMILES string of the molecule is Cc1cc2c(cc1CN1C[C@H](O)[C@@H](N3CCCC3)C1)OCO2. The Kier molecular flexibility index (Phi) is 3.72. The zero-order valence-electron chi connectivity index (χ0n) is 13.1. The zero-order valence-corrected chi connectivity index (χ0v) is 13.1. The number of ether oxygens (including phenoxy) is 2. The van der Waals surface area contributed by atoms with Crippen LogP contribution in [-0.4, -0.2) is 60.0 Å². The maximum atomic E-state index is 10.4. The van der Waals surface area contributed by atoms with Gasteiger partial charge in [-0.05, 0) is 56.1 Å². The highest BCUT2D eigenvalue weighted by Crippen LogP contribution is 2.35. The lowest BCUT2D eigenvalue weighted by molar-refractivity contribution is 0.0978. The summed E-state index contributed by atoms with van der Waals surface area (Å²) in [6.45, 7) is 7.28. The second-order valence-corrected chi connectivity index (χ2v) is 6.70. The number of likely N-dealkylation sites (tertiary alicyclic amines) is 2. The molecule has 22 heavy (non-hydrogen) atoms. The largest absolute Gasteiger partial charge is 0.454 e. The molecule has 4 rings (SSSR count). The third-order valence-electron chi connectivity index (χ3n) is 5.17. The van der Waals surface area contributed by atoms with Gasteiger partial charge in [0.05, 0.1) is 6.10 Å².